The summed E-state index contributed by atoms with van der Waals surface area (Å²) >= 11 is 0. The van der Waals surface area contributed by atoms with Gasteiger partial charge >= 0.3 is 12.1 Å². The van der Waals surface area contributed by atoms with Crippen LogP contribution in [0.4, 0.5) is 18.9 Å². The lowest BCUT2D eigenvalue weighted by Gasteiger charge is -2.22. The number of rotatable bonds is 13. The van der Waals surface area contributed by atoms with Crippen molar-refractivity contribution in [3.8, 4) is 5.75 Å². The van der Waals surface area contributed by atoms with Crippen LogP contribution in [0.25, 0.3) is 0 Å². The summed E-state index contributed by atoms with van der Waals surface area (Å²) in [6, 6.07) is 10.0. The third kappa shape index (κ3) is 9.19. The van der Waals surface area contributed by atoms with Crippen LogP contribution in [0.3, 0.4) is 0 Å². The fourth-order valence-corrected chi connectivity index (χ4v) is 2.94. The van der Waals surface area contributed by atoms with Crippen LogP contribution in [0.15, 0.2) is 48.5 Å². The van der Waals surface area contributed by atoms with E-state index in [0.717, 1.165) is 18.2 Å². The van der Waals surface area contributed by atoms with Gasteiger partial charge in [-0.05, 0) is 30.3 Å². The molecule has 0 aliphatic rings. The van der Waals surface area contributed by atoms with Gasteiger partial charge in [0.25, 0.3) is 11.8 Å². The summed E-state index contributed by atoms with van der Waals surface area (Å²) in [7, 11) is 2.99. The van der Waals surface area contributed by atoms with E-state index in [1.165, 1.54) is 43.4 Å². The van der Waals surface area contributed by atoms with Crippen LogP contribution in [0, 0.1) is 0 Å². The van der Waals surface area contributed by atoms with Gasteiger partial charge in [-0.25, -0.2) is 4.79 Å². The standard InChI is InChI=1S/C24H27F3N2O7/c1-33-12-10-29(11-13-34-2)22(31)16-36-23(32)19-8-3-4-9-20(19)35-15-21(30)28-18-7-5-6-17(14-18)24(25,26)27/h3-9,14H,10-13,15-16H2,1-2H3,(H,28,30). The van der Waals surface area contributed by atoms with Gasteiger partial charge in [0.1, 0.15) is 11.3 Å². The number of para-hydroxylation sites is 1. The number of carbonyl (C=O) groups is 3. The molecule has 0 atom stereocenters. The summed E-state index contributed by atoms with van der Waals surface area (Å²) in [4.78, 5) is 38.6. The molecule has 0 fully saturated rings. The molecule has 2 aromatic rings. The van der Waals surface area contributed by atoms with Crippen molar-refractivity contribution < 1.29 is 46.5 Å². The number of benzene rings is 2. The first-order valence-corrected chi connectivity index (χ1v) is 10.8. The van der Waals surface area contributed by atoms with E-state index in [0.29, 0.717) is 13.2 Å². The molecule has 0 saturated carbocycles. The van der Waals surface area contributed by atoms with Gasteiger partial charge in [0, 0.05) is 33.0 Å². The van der Waals surface area contributed by atoms with Crippen molar-refractivity contribution in [2.24, 2.45) is 0 Å². The summed E-state index contributed by atoms with van der Waals surface area (Å²) in [5.41, 5.74) is -1.000. The molecule has 0 bridgehead atoms. The quantitative estimate of drug-likeness (QED) is 0.412. The van der Waals surface area contributed by atoms with Gasteiger partial charge in [-0.3, -0.25) is 9.59 Å². The van der Waals surface area contributed by atoms with Crippen LogP contribution in [-0.4, -0.2) is 76.4 Å². The third-order valence-electron chi connectivity index (χ3n) is 4.75. The molecule has 0 aliphatic heterocycles. The molecule has 0 unspecified atom stereocenters. The van der Waals surface area contributed by atoms with Crippen molar-refractivity contribution in [1.29, 1.82) is 0 Å². The van der Waals surface area contributed by atoms with Crippen molar-refractivity contribution in [1.82, 2.24) is 4.90 Å². The molecule has 2 aromatic carbocycles. The van der Waals surface area contributed by atoms with Gasteiger partial charge in [-0.15, -0.1) is 0 Å². The molecule has 2 amide bonds. The van der Waals surface area contributed by atoms with E-state index in [1.807, 2.05) is 0 Å². The molecule has 2 rings (SSSR count). The molecule has 36 heavy (non-hydrogen) atoms. The smallest absolute Gasteiger partial charge is 0.416 e. The number of hydrogen-bond donors (Lipinski definition) is 1. The predicted molar refractivity (Wildman–Crippen MR) is 123 cm³/mol. The van der Waals surface area contributed by atoms with Gasteiger partial charge < -0.3 is 29.2 Å². The number of nitrogens with one attached hydrogen (secondary N) is 1. The number of nitrogens with zero attached hydrogens (tertiary/aromatic N) is 1. The maximum Gasteiger partial charge on any atom is 0.416 e. The number of hydrogen-bond acceptors (Lipinski definition) is 7. The van der Waals surface area contributed by atoms with Crippen molar-refractivity contribution in [2.75, 3.05) is 59.1 Å². The summed E-state index contributed by atoms with van der Waals surface area (Å²) in [6.07, 6.45) is -4.55. The molecule has 0 saturated heterocycles. The van der Waals surface area contributed by atoms with Crippen LogP contribution in [-0.2, 0) is 30.0 Å². The zero-order chi connectivity index (χ0) is 26.6. The highest BCUT2D eigenvalue weighted by molar-refractivity contribution is 5.95. The number of carbonyl (C=O) groups excluding carboxylic acids is 3. The molecule has 0 aliphatic carbocycles. The van der Waals surface area contributed by atoms with E-state index < -0.39 is 42.7 Å². The number of amides is 2. The summed E-state index contributed by atoms with van der Waals surface area (Å²) in [5.74, 6) is -2.03. The summed E-state index contributed by atoms with van der Waals surface area (Å²) in [6.45, 7) is 0.0526. The number of ether oxygens (including phenoxy) is 4. The number of anilines is 1. The topological polar surface area (TPSA) is 103 Å². The Kier molecular flexibility index (Phi) is 11.2. The second-order valence-electron chi connectivity index (χ2n) is 7.35. The highest BCUT2D eigenvalue weighted by Crippen LogP contribution is 2.30. The van der Waals surface area contributed by atoms with E-state index in [-0.39, 0.29) is 30.1 Å². The Morgan fingerprint density at radius 2 is 1.58 bits per heavy atom. The Morgan fingerprint density at radius 3 is 2.22 bits per heavy atom. The molecule has 196 valence electrons. The Morgan fingerprint density at radius 1 is 0.917 bits per heavy atom. The largest absolute Gasteiger partial charge is 0.483 e. The second kappa shape index (κ2) is 14.0. The molecule has 0 spiro atoms. The van der Waals surface area contributed by atoms with Crippen LogP contribution < -0.4 is 10.1 Å². The maximum absolute atomic E-state index is 12.8. The van der Waals surface area contributed by atoms with Crippen LogP contribution in [0.2, 0.25) is 0 Å². The normalized spacial score (nSPS) is 11.0. The van der Waals surface area contributed by atoms with Crippen molar-refractivity contribution >= 4 is 23.5 Å². The van der Waals surface area contributed by atoms with E-state index in [9.17, 15) is 27.6 Å². The lowest BCUT2D eigenvalue weighted by atomic mass is 10.2. The van der Waals surface area contributed by atoms with Gasteiger partial charge in [0.2, 0.25) is 0 Å². The molecule has 0 aromatic heterocycles. The maximum atomic E-state index is 12.8. The van der Waals surface area contributed by atoms with Crippen molar-refractivity contribution in [3.05, 3.63) is 59.7 Å². The number of esters is 1. The van der Waals surface area contributed by atoms with E-state index in [1.54, 1.807) is 6.07 Å². The summed E-state index contributed by atoms with van der Waals surface area (Å²) in [5, 5.41) is 2.31. The average molecular weight is 512 g/mol. The predicted octanol–water partition coefficient (Wildman–Crippen LogP) is 3.00. The monoisotopic (exact) mass is 512 g/mol. The first-order valence-electron chi connectivity index (χ1n) is 10.8. The molecule has 1 N–H and O–H groups in total. The fraction of sp³-hybridized carbons (Fsp3) is 0.375. The lowest BCUT2D eigenvalue weighted by Crippen LogP contribution is -2.39. The first kappa shape index (κ1) is 28.6. The SMILES string of the molecule is COCCN(CCOC)C(=O)COC(=O)c1ccccc1OCC(=O)Nc1cccc(C(F)(F)F)c1. The summed E-state index contributed by atoms with van der Waals surface area (Å²) < 4.78 is 59.0. The van der Waals surface area contributed by atoms with Crippen LogP contribution in [0.1, 0.15) is 15.9 Å². The minimum absolute atomic E-state index is 0.00441. The minimum atomic E-state index is -4.55. The van der Waals surface area contributed by atoms with Crippen molar-refractivity contribution in [2.45, 2.75) is 6.18 Å². The zero-order valence-corrected chi connectivity index (χ0v) is 19.8. The average Bonchev–Trinajstić information content (AvgIpc) is 2.85. The first-order chi connectivity index (χ1) is 17.2. The fourth-order valence-electron chi connectivity index (χ4n) is 2.94. The molecule has 9 nitrogen and oxygen atoms in total. The van der Waals surface area contributed by atoms with Gasteiger partial charge in [0.05, 0.1) is 18.8 Å². The molecule has 0 radical (unpaired) electrons. The van der Waals surface area contributed by atoms with Crippen LogP contribution >= 0.6 is 0 Å². The van der Waals surface area contributed by atoms with E-state index in [4.69, 9.17) is 18.9 Å². The molecular formula is C24H27F3N2O7. The lowest BCUT2D eigenvalue weighted by molar-refractivity contribution is -0.137. The van der Waals surface area contributed by atoms with Gasteiger partial charge in [-0.2, -0.15) is 13.2 Å². The Labute approximate surface area is 206 Å². The van der Waals surface area contributed by atoms with Crippen LogP contribution in [0.5, 0.6) is 5.75 Å². The molecule has 12 heteroatoms. The number of alkyl halides is 3. The van der Waals surface area contributed by atoms with Gasteiger partial charge in [0.15, 0.2) is 13.2 Å². The molecular weight excluding hydrogens is 485 g/mol. The Bertz CT molecular complexity index is 1020. The van der Waals surface area contributed by atoms with E-state index in [2.05, 4.69) is 5.32 Å². The third-order valence-corrected chi connectivity index (χ3v) is 4.75. The highest BCUT2D eigenvalue weighted by Gasteiger charge is 2.30. The Balaban J connectivity index is 1.95. The van der Waals surface area contributed by atoms with E-state index >= 15 is 0 Å². The number of methoxy groups -OCH3 is 2. The highest BCUT2D eigenvalue weighted by atomic mass is 19.4. The number of halogens is 3. The second-order valence-corrected chi connectivity index (χ2v) is 7.35. The molecule has 0 heterocycles. The van der Waals surface area contributed by atoms with Crippen molar-refractivity contribution in [3.63, 3.8) is 0 Å². The zero-order valence-electron chi connectivity index (χ0n) is 19.8. The van der Waals surface area contributed by atoms with Gasteiger partial charge in [-0.1, -0.05) is 18.2 Å². The minimum Gasteiger partial charge on any atom is -0.483 e. The Hall–Kier alpha value is -3.64.